The number of hydrogen-bond acceptors (Lipinski definition) is 16. The number of aliphatic hydroxyl groups excluding tert-OH is 2. The molecule has 5 fully saturated rings. The van der Waals surface area contributed by atoms with Gasteiger partial charge in [-0.05, 0) is 51.3 Å². The zero-order chi connectivity index (χ0) is 49.5. The lowest BCUT2D eigenvalue weighted by Crippen LogP contribution is -2.71. The third-order valence-corrected chi connectivity index (χ3v) is 13.1. The van der Waals surface area contributed by atoms with E-state index in [1.165, 1.54) is 24.1 Å². The predicted octanol–water partition coefficient (Wildman–Crippen LogP) is 3.14. The molecule has 3 aromatic carbocycles. The molecule has 3 aromatic rings. The van der Waals surface area contributed by atoms with E-state index in [0.717, 1.165) is 0 Å². The van der Waals surface area contributed by atoms with Crippen molar-refractivity contribution in [3.05, 3.63) is 113 Å². The summed E-state index contributed by atoms with van der Waals surface area (Å²) in [5, 5.41) is 28.0. The number of fused-ring (bicyclic) bond motifs is 4. The van der Waals surface area contributed by atoms with Gasteiger partial charge in [-0.1, -0.05) is 98.8 Å². The summed E-state index contributed by atoms with van der Waals surface area (Å²) < 4.78 is 36.1. The van der Waals surface area contributed by atoms with Crippen LogP contribution in [0.25, 0.3) is 6.08 Å². The Labute approximate surface area is 399 Å². The van der Waals surface area contributed by atoms with E-state index in [4.69, 9.17) is 33.3 Å². The number of hydroxylamine groups is 2. The number of hydrogen-bond donors (Lipinski definition) is 4. The molecule has 10 atom stereocenters. The standard InChI is InChI=1S/C51H59N3O15/c1-29(56)38(44(59)52-34(27-55)21-23-37(58)66-48(2,3)4)53-47(62)50-25-35-39-40(68-51(67-39,32-16-9-7-10-17-32)33-18-11-8-12-19-33)42(50)69-54(41(50)45(60)64-35)26-31-15-13-14-30(24-31)20-22-36(57)65-43-46(61)63-28-49(43,5)6/h7-20,22,24,29,34-35,38-43,55-56H,21,23,25-28H2,1-6H3,(H,52,59)(H,53,62). The second kappa shape index (κ2) is 19.4. The minimum atomic E-state index is -1.80. The van der Waals surface area contributed by atoms with Gasteiger partial charge in [0.1, 0.15) is 48.1 Å². The molecule has 4 N–H and O–H groups in total. The highest BCUT2D eigenvalue weighted by Gasteiger charge is 2.77. The number of aliphatic hydroxyl groups is 2. The van der Waals surface area contributed by atoms with Crippen LogP contribution in [0.5, 0.6) is 0 Å². The normalized spacial score (nSPS) is 27.9. The van der Waals surface area contributed by atoms with Gasteiger partial charge in [-0.15, -0.1) is 0 Å². The Morgan fingerprint density at radius 1 is 0.913 bits per heavy atom. The number of benzene rings is 3. The van der Waals surface area contributed by atoms with E-state index in [2.05, 4.69) is 10.6 Å². The smallest absolute Gasteiger partial charge is 0.348 e. The zero-order valence-electron chi connectivity index (χ0n) is 39.3. The molecule has 0 spiro atoms. The van der Waals surface area contributed by atoms with Crippen molar-refractivity contribution in [2.24, 2.45) is 10.8 Å². The highest BCUT2D eigenvalue weighted by molar-refractivity contribution is 5.96. The van der Waals surface area contributed by atoms with Crippen LogP contribution in [0.3, 0.4) is 0 Å². The van der Waals surface area contributed by atoms with Crippen LogP contribution in [0.2, 0.25) is 0 Å². The van der Waals surface area contributed by atoms with Gasteiger partial charge >= 0.3 is 23.9 Å². The number of ether oxygens (including phenoxy) is 6. The van der Waals surface area contributed by atoms with E-state index in [9.17, 15) is 34.2 Å². The molecular weight excluding hydrogens is 895 g/mol. The van der Waals surface area contributed by atoms with Crippen molar-refractivity contribution in [2.45, 2.75) is 133 Å². The zero-order valence-corrected chi connectivity index (χ0v) is 39.3. The Bertz CT molecular complexity index is 2420. The van der Waals surface area contributed by atoms with Crippen molar-refractivity contribution < 1.29 is 72.2 Å². The predicted molar refractivity (Wildman–Crippen MR) is 242 cm³/mol. The van der Waals surface area contributed by atoms with Crippen LogP contribution in [0.1, 0.15) is 83.1 Å². The van der Waals surface area contributed by atoms with Crippen molar-refractivity contribution in [3.63, 3.8) is 0 Å². The van der Waals surface area contributed by atoms with Crippen LogP contribution < -0.4 is 10.6 Å². The number of esters is 4. The SMILES string of the molecule is CC(O)C(NC(=O)C12CC3OC(=O)C1N(Cc1cccc(C=CC(=O)OC4C(=O)OCC4(C)C)c1)OC2C1OC(c2ccccc2)(c2ccccc2)OC31)C(=O)NC(CO)CCC(=O)OC(C)(C)C. The van der Waals surface area contributed by atoms with Gasteiger partial charge in [0.2, 0.25) is 23.7 Å². The fourth-order valence-corrected chi connectivity index (χ4v) is 9.78. The molecule has 2 bridgehead atoms. The molecule has 1 aliphatic carbocycles. The maximum Gasteiger partial charge on any atom is 0.348 e. The Morgan fingerprint density at radius 3 is 2.19 bits per heavy atom. The summed E-state index contributed by atoms with van der Waals surface area (Å²) in [6.07, 6.45) is -4.34. The number of nitrogens with zero attached hydrogens (tertiary/aromatic N) is 1. The Balaban J connectivity index is 1.10. The third kappa shape index (κ3) is 9.91. The molecule has 69 heavy (non-hydrogen) atoms. The molecule has 8 rings (SSSR count). The number of nitrogens with one attached hydrogen (secondary N) is 2. The number of carbonyl (C=O) groups is 6. The van der Waals surface area contributed by atoms with Gasteiger partial charge in [-0.2, -0.15) is 5.06 Å². The van der Waals surface area contributed by atoms with Gasteiger partial charge in [0, 0.05) is 35.5 Å². The first kappa shape index (κ1) is 49.4. The first-order valence-electron chi connectivity index (χ1n) is 23.1. The number of rotatable bonds is 16. The highest BCUT2D eigenvalue weighted by atomic mass is 16.8. The summed E-state index contributed by atoms with van der Waals surface area (Å²) in [6, 6.07) is 21.5. The molecule has 18 heteroatoms. The summed E-state index contributed by atoms with van der Waals surface area (Å²) in [5.41, 5.74) is -0.814. The molecule has 0 aromatic heterocycles. The molecule has 4 heterocycles. The van der Waals surface area contributed by atoms with Crippen molar-refractivity contribution in [1.82, 2.24) is 15.7 Å². The van der Waals surface area contributed by atoms with E-state index in [1.807, 2.05) is 60.7 Å². The Hall–Kier alpha value is -6.02. The molecule has 1 saturated carbocycles. The molecule has 10 unspecified atom stereocenters. The van der Waals surface area contributed by atoms with Crippen LogP contribution in [0.15, 0.2) is 91.0 Å². The monoisotopic (exact) mass is 953 g/mol. The fraction of sp³-hybridized carbons (Fsp3) is 0.490. The lowest BCUT2D eigenvalue weighted by molar-refractivity contribution is -0.213. The van der Waals surface area contributed by atoms with Gasteiger partial charge in [0.15, 0.2) is 6.04 Å². The lowest BCUT2D eigenvalue weighted by Gasteiger charge is -2.49. The van der Waals surface area contributed by atoms with E-state index < -0.39 is 119 Å². The average molecular weight is 954 g/mol. The molecular formula is C51H59N3O15. The Kier molecular flexibility index (Phi) is 13.9. The summed E-state index contributed by atoms with van der Waals surface area (Å²) in [7, 11) is 0. The average Bonchev–Trinajstić information content (AvgIpc) is 3.97. The van der Waals surface area contributed by atoms with Gasteiger partial charge in [-0.25, -0.2) is 9.59 Å². The number of amides is 2. The molecule has 4 aliphatic heterocycles. The topological polar surface area (TPSA) is 235 Å². The minimum Gasteiger partial charge on any atom is -0.462 e. The second-order valence-corrected chi connectivity index (χ2v) is 19.9. The number of cyclic esters (lactones) is 1. The minimum absolute atomic E-state index is 0.00332. The van der Waals surface area contributed by atoms with Crippen molar-refractivity contribution in [2.75, 3.05) is 13.2 Å². The lowest BCUT2D eigenvalue weighted by atomic mass is 9.62. The van der Waals surface area contributed by atoms with Crippen LogP contribution in [0, 0.1) is 10.8 Å². The molecule has 18 nitrogen and oxygen atoms in total. The van der Waals surface area contributed by atoms with Gasteiger partial charge < -0.3 is 49.3 Å². The Morgan fingerprint density at radius 2 is 1.58 bits per heavy atom. The largest absolute Gasteiger partial charge is 0.462 e. The van der Waals surface area contributed by atoms with Crippen LogP contribution in [0.4, 0.5) is 0 Å². The summed E-state index contributed by atoms with van der Waals surface area (Å²) in [5.74, 6) is -5.89. The van der Waals surface area contributed by atoms with Crippen molar-refractivity contribution in [3.8, 4) is 0 Å². The first-order chi connectivity index (χ1) is 32.7. The molecule has 5 aliphatic rings. The highest BCUT2D eigenvalue weighted by Crippen LogP contribution is 2.59. The van der Waals surface area contributed by atoms with E-state index in [1.54, 1.807) is 58.9 Å². The van der Waals surface area contributed by atoms with E-state index >= 15 is 4.79 Å². The number of carbonyl (C=O) groups excluding carboxylic acids is 6. The van der Waals surface area contributed by atoms with E-state index in [0.29, 0.717) is 22.3 Å². The maximum atomic E-state index is 15.3. The van der Waals surface area contributed by atoms with Crippen molar-refractivity contribution >= 4 is 41.8 Å². The fourth-order valence-electron chi connectivity index (χ4n) is 9.78. The maximum absolute atomic E-state index is 15.3. The summed E-state index contributed by atoms with van der Waals surface area (Å²) >= 11 is 0. The summed E-state index contributed by atoms with van der Waals surface area (Å²) in [4.78, 5) is 88.2. The van der Waals surface area contributed by atoms with Gasteiger partial charge in [0.25, 0.3) is 0 Å². The van der Waals surface area contributed by atoms with Gasteiger partial charge in [-0.3, -0.25) is 24.0 Å². The van der Waals surface area contributed by atoms with Crippen LogP contribution in [-0.4, -0.2) is 125 Å². The molecule has 4 saturated heterocycles. The van der Waals surface area contributed by atoms with E-state index in [-0.39, 0.29) is 32.4 Å². The first-order valence-corrected chi connectivity index (χ1v) is 23.1. The quantitative estimate of drug-likeness (QED) is 0.0918. The van der Waals surface area contributed by atoms with Crippen LogP contribution in [-0.2, 0) is 74.4 Å². The van der Waals surface area contributed by atoms with Crippen LogP contribution >= 0.6 is 0 Å². The second-order valence-electron chi connectivity index (χ2n) is 19.9. The van der Waals surface area contributed by atoms with Gasteiger partial charge in [0.05, 0.1) is 25.3 Å². The van der Waals surface area contributed by atoms with Crippen molar-refractivity contribution in [1.29, 1.82) is 0 Å². The molecule has 2 amide bonds. The molecule has 0 radical (unpaired) electrons. The summed E-state index contributed by atoms with van der Waals surface area (Å²) in [6.45, 7) is 9.48. The molecule has 368 valence electrons. The third-order valence-electron chi connectivity index (χ3n) is 13.1.